The fourth-order valence-electron chi connectivity index (χ4n) is 1.83. The highest BCUT2D eigenvalue weighted by atomic mass is 31.1. The van der Waals surface area contributed by atoms with Crippen LogP contribution < -0.4 is 25.5 Å². The zero-order chi connectivity index (χ0) is 15.9. The lowest BCUT2D eigenvalue weighted by Gasteiger charge is -2.05. The second-order valence-corrected chi connectivity index (χ2v) is 5.63. The second-order valence-electron chi connectivity index (χ2n) is 4.71. The molecule has 0 aliphatic rings. The predicted molar refractivity (Wildman–Crippen MR) is 87.0 cm³/mol. The predicted octanol–water partition coefficient (Wildman–Crippen LogP) is 3.47. The SMILES string of the molecule is CNNOc1ccc(N[P+](=O)Oc2ccc(C)cc2C)cc1. The number of nitrogens with one attached hydrogen (secondary N) is 3. The number of benzene rings is 2. The Labute approximate surface area is 130 Å². The van der Waals surface area contributed by atoms with Gasteiger partial charge >= 0.3 is 8.18 Å². The minimum Gasteiger partial charge on any atom is -0.394 e. The number of hydrazine groups is 1. The van der Waals surface area contributed by atoms with Crippen LogP contribution in [-0.4, -0.2) is 7.05 Å². The zero-order valence-corrected chi connectivity index (χ0v) is 13.6. The van der Waals surface area contributed by atoms with Crippen molar-refractivity contribution in [3.8, 4) is 11.5 Å². The normalized spacial score (nSPS) is 11.0. The molecule has 0 amide bonds. The van der Waals surface area contributed by atoms with Crippen molar-refractivity contribution in [2.24, 2.45) is 0 Å². The lowest BCUT2D eigenvalue weighted by Crippen LogP contribution is -2.30. The summed E-state index contributed by atoms with van der Waals surface area (Å²) >= 11 is 0. The van der Waals surface area contributed by atoms with E-state index in [1.165, 1.54) is 0 Å². The summed E-state index contributed by atoms with van der Waals surface area (Å²) in [6.45, 7) is 3.92. The van der Waals surface area contributed by atoms with Crippen LogP contribution in [0.2, 0.25) is 0 Å². The number of hydrogen-bond donors (Lipinski definition) is 3. The average molecular weight is 320 g/mol. The van der Waals surface area contributed by atoms with Crippen molar-refractivity contribution in [1.82, 2.24) is 11.0 Å². The molecule has 0 bridgehead atoms. The molecule has 2 rings (SSSR count). The van der Waals surface area contributed by atoms with Crippen LogP contribution in [0.3, 0.4) is 0 Å². The van der Waals surface area contributed by atoms with Crippen molar-refractivity contribution in [1.29, 1.82) is 0 Å². The fraction of sp³-hybridized carbons (Fsp3) is 0.200. The van der Waals surface area contributed by atoms with Crippen LogP contribution in [0, 0.1) is 13.8 Å². The molecule has 116 valence electrons. The molecule has 0 saturated carbocycles. The molecular weight excluding hydrogens is 301 g/mol. The quantitative estimate of drug-likeness (QED) is 0.536. The third-order valence-corrected chi connectivity index (χ3v) is 3.66. The first-order chi connectivity index (χ1) is 10.6. The Morgan fingerprint density at radius 3 is 2.41 bits per heavy atom. The molecule has 22 heavy (non-hydrogen) atoms. The first-order valence-corrected chi connectivity index (χ1v) is 7.94. The maximum absolute atomic E-state index is 12.0. The monoisotopic (exact) mass is 320 g/mol. The highest BCUT2D eigenvalue weighted by molar-refractivity contribution is 7.41. The van der Waals surface area contributed by atoms with Crippen molar-refractivity contribution in [3.63, 3.8) is 0 Å². The topological polar surface area (TPSA) is 71.6 Å². The van der Waals surface area contributed by atoms with E-state index >= 15 is 0 Å². The van der Waals surface area contributed by atoms with Gasteiger partial charge in [0.05, 0.1) is 5.69 Å². The van der Waals surface area contributed by atoms with Crippen LogP contribution in [0.4, 0.5) is 5.69 Å². The molecule has 1 unspecified atom stereocenters. The molecular formula is C15H19N3O3P+. The minimum atomic E-state index is -2.05. The molecule has 2 aromatic carbocycles. The third kappa shape index (κ3) is 4.70. The fourth-order valence-corrected chi connectivity index (χ4v) is 2.62. The van der Waals surface area contributed by atoms with Gasteiger partial charge in [0, 0.05) is 11.6 Å². The van der Waals surface area contributed by atoms with Crippen LogP contribution in [0.1, 0.15) is 11.1 Å². The van der Waals surface area contributed by atoms with E-state index in [1.807, 2.05) is 32.0 Å². The molecule has 0 aliphatic heterocycles. The standard InChI is InChI=1S/C15H19N3O3P/c1-11-4-9-15(12(2)10-11)21-22(19)17-13-5-7-14(8-6-13)20-18-16-3/h4-10,16,18H,1-3H3,(H,17,19)/q+1. The molecule has 0 radical (unpaired) electrons. The molecule has 0 spiro atoms. The molecule has 6 nitrogen and oxygen atoms in total. The lowest BCUT2D eigenvalue weighted by molar-refractivity contribution is 0.160. The van der Waals surface area contributed by atoms with Crippen molar-refractivity contribution in [3.05, 3.63) is 53.6 Å². The molecule has 0 heterocycles. The second kappa shape index (κ2) is 7.75. The van der Waals surface area contributed by atoms with Gasteiger partial charge in [0.25, 0.3) is 0 Å². The average Bonchev–Trinajstić information content (AvgIpc) is 2.49. The van der Waals surface area contributed by atoms with Gasteiger partial charge < -0.3 is 4.84 Å². The first-order valence-electron chi connectivity index (χ1n) is 6.76. The molecule has 0 saturated heterocycles. The van der Waals surface area contributed by atoms with Gasteiger partial charge in [-0.15, -0.1) is 5.09 Å². The number of hydrogen-bond acceptors (Lipinski definition) is 5. The van der Waals surface area contributed by atoms with Crippen molar-refractivity contribution >= 4 is 13.9 Å². The zero-order valence-electron chi connectivity index (χ0n) is 12.7. The van der Waals surface area contributed by atoms with Gasteiger partial charge in [0.15, 0.2) is 5.75 Å². The maximum Gasteiger partial charge on any atom is 0.694 e. The Kier molecular flexibility index (Phi) is 5.72. The van der Waals surface area contributed by atoms with E-state index in [0.29, 0.717) is 17.2 Å². The molecule has 7 heteroatoms. The molecule has 0 aliphatic carbocycles. The summed E-state index contributed by atoms with van der Waals surface area (Å²) in [7, 11) is -0.349. The van der Waals surface area contributed by atoms with E-state index in [0.717, 1.165) is 11.1 Å². The van der Waals surface area contributed by atoms with E-state index < -0.39 is 8.18 Å². The van der Waals surface area contributed by atoms with Crippen molar-refractivity contribution < 1.29 is 13.9 Å². The molecule has 0 fully saturated rings. The van der Waals surface area contributed by atoms with Gasteiger partial charge in [-0.25, -0.2) is 9.95 Å². The van der Waals surface area contributed by atoms with E-state index in [4.69, 9.17) is 9.36 Å². The summed E-state index contributed by atoms with van der Waals surface area (Å²) in [5, 5.41) is 2.81. The number of aryl methyl sites for hydroxylation is 2. The highest BCUT2D eigenvalue weighted by Gasteiger charge is 2.21. The molecule has 0 aromatic heterocycles. The van der Waals surface area contributed by atoms with Gasteiger partial charge in [-0.3, -0.25) is 0 Å². The Morgan fingerprint density at radius 1 is 1.05 bits per heavy atom. The summed E-state index contributed by atoms with van der Waals surface area (Å²) < 4.78 is 17.5. The smallest absolute Gasteiger partial charge is 0.394 e. The molecule has 1 atom stereocenters. The molecule has 3 N–H and O–H groups in total. The van der Waals surface area contributed by atoms with E-state index in [-0.39, 0.29) is 0 Å². The van der Waals surface area contributed by atoms with Crippen LogP contribution in [0.25, 0.3) is 0 Å². The van der Waals surface area contributed by atoms with E-state index in [2.05, 4.69) is 16.1 Å². The van der Waals surface area contributed by atoms with Crippen LogP contribution in [0.5, 0.6) is 11.5 Å². The Morgan fingerprint density at radius 2 is 1.77 bits per heavy atom. The van der Waals surface area contributed by atoms with E-state index in [1.54, 1.807) is 31.3 Å². The summed E-state index contributed by atoms with van der Waals surface area (Å²) in [5.74, 6) is 1.24. The molecule has 2 aromatic rings. The Hall–Kier alpha value is -2.14. The minimum absolute atomic E-state index is 0.609. The third-order valence-electron chi connectivity index (χ3n) is 2.86. The first kappa shape index (κ1) is 16.2. The summed E-state index contributed by atoms with van der Waals surface area (Å²) in [6, 6.07) is 12.7. The van der Waals surface area contributed by atoms with Crippen molar-refractivity contribution in [2.75, 3.05) is 12.1 Å². The van der Waals surface area contributed by atoms with Gasteiger partial charge in [-0.05, 0) is 49.7 Å². The Bertz CT molecular complexity index is 647. The Balaban J connectivity index is 1.94. The summed E-state index contributed by atoms with van der Waals surface area (Å²) in [6.07, 6.45) is 0. The highest BCUT2D eigenvalue weighted by Crippen LogP contribution is 2.31. The largest absolute Gasteiger partial charge is 0.694 e. The van der Waals surface area contributed by atoms with Crippen LogP contribution in [0.15, 0.2) is 42.5 Å². The maximum atomic E-state index is 12.0. The number of rotatable bonds is 7. The van der Waals surface area contributed by atoms with E-state index in [9.17, 15) is 4.57 Å². The van der Waals surface area contributed by atoms with Gasteiger partial charge in [-0.2, -0.15) is 0 Å². The van der Waals surface area contributed by atoms with Crippen molar-refractivity contribution in [2.45, 2.75) is 13.8 Å². The van der Waals surface area contributed by atoms with Gasteiger partial charge in [0.1, 0.15) is 5.75 Å². The lowest BCUT2D eigenvalue weighted by atomic mass is 10.1. The number of anilines is 1. The van der Waals surface area contributed by atoms with Crippen LogP contribution >= 0.6 is 8.18 Å². The summed E-state index contributed by atoms with van der Waals surface area (Å²) in [4.78, 5) is 5.14. The summed E-state index contributed by atoms with van der Waals surface area (Å²) in [5.41, 5.74) is 7.93. The van der Waals surface area contributed by atoms with Gasteiger partial charge in [-0.1, -0.05) is 23.3 Å². The van der Waals surface area contributed by atoms with Crippen LogP contribution in [-0.2, 0) is 4.57 Å². The van der Waals surface area contributed by atoms with Gasteiger partial charge in [0.2, 0.25) is 0 Å².